The Kier molecular flexibility index (Phi) is 5.08. The van der Waals surface area contributed by atoms with Crippen LogP contribution in [-0.2, 0) is 9.53 Å². The maximum Gasteiger partial charge on any atom is 0.251 e. The molecule has 2 bridgehead atoms. The highest BCUT2D eigenvalue weighted by Crippen LogP contribution is 2.35. The molecule has 3 aliphatic rings. The minimum absolute atomic E-state index is 0.127. The number of nitrogens with zero attached hydrogens (tertiary/aromatic N) is 1. The predicted molar refractivity (Wildman–Crippen MR) is 85.4 cm³/mol. The second-order valence-electron chi connectivity index (χ2n) is 7.86. The van der Waals surface area contributed by atoms with Gasteiger partial charge in [0.1, 0.15) is 6.10 Å². The molecule has 4 heteroatoms. The summed E-state index contributed by atoms with van der Waals surface area (Å²) in [7, 11) is 0. The van der Waals surface area contributed by atoms with Crippen molar-refractivity contribution in [2.45, 2.75) is 77.1 Å². The number of amides is 1. The normalized spacial score (nSPS) is 40.3. The van der Waals surface area contributed by atoms with Crippen LogP contribution in [0.4, 0.5) is 0 Å². The van der Waals surface area contributed by atoms with Crippen LogP contribution in [0.25, 0.3) is 0 Å². The number of carbonyl (C=O) groups excluding carboxylic acids is 1. The molecule has 3 rings (SSSR count). The smallest absolute Gasteiger partial charge is 0.251 e. The Morgan fingerprint density at radius 1 is 1.14 bits per heavy atom. The van der Waals surface area contributed by atoms with Crippen molar-refractivity contribution in [2.24, 2.45) is 17.8 Å². The molecule has 126 valence electrons. The molecule has 0 aromatic heterocycles. The summed E-state index contributed by atoms with van der Waals surface area (Å²) in [5, 5.41) is 10.2. The molecule has 1 heterocycles. The van der Waals surface area contributed by atoms with Crippen LogP contribution in [0.15, 0.2) is 0 Å². The lowest BCUT2D eigenvalue weighted by Crippen LogP contribution is -2.55. The van der Waals surface area contributed by atoms with Gasteiger partial charge in [-0.3, -0.25) is 4.79 Å². The van der Waals surface area contributed by atoms with Gasteiger partial charge in [-0.15, -0.1) is 0 Å². The van der Waals surface area contributed by atoms with Crippen LogP contribution < -0.4 is 0 Å². The van der Waals surface area contributed by atoms with Crippen LogP contribution in [0, 0.1) is 17.8 Å². The lowest BCUT2D eigenvalue weighted by atomic mass is 9.75. The summed E-state index contributed by atoms with van der Waals surface area (Å²) in [4.78, 5) is 14.7. The van der Waals surface area contributed by atoms with E-state index < -0.39 is 0 Å². The summed E-state index contributed by atoms with van der Waals surface area (Å²) >= 11 is 0. The highest BCUT2D eigenvalue weighted by molar-refractivity contribution is 5.80. The first-order valence-electron chi connectivity index (χ1n) is 9.17. The maximum absolute atomic E-state index is 12.7. The Labute approximate surface area is 134 Å². The molecule has 0 aromatic carbocycles. The van der Waals surface area contributed by atoms with Crippen molar-refractivity contribution >= 4 is 5.91 Å². The van der Waals surface area contributed by atoms with Gasteiger partial charge in [-0.25, -0.2) is 0 Å². The van der Waals surface area contributed by atoms with E-state index in [-0.39, 0.29) is 36.1 Å². The van der Waals surface area contributed by atoms with Gasteiger partial charge in [-0.05, 0) is 38.5 Å². The van der Waals surface area contributed by atoms with Crippen LogP contribution in [0.3, 0.4) is 0 Å². The number of ether oxygens (including phenoxy) is 1. The summed E-state index contributed by atoms with van der Waals surface area (Å²) in [6.07, 6.45) is 7.68. The molecule has 4 nitrogen and oxygen atoms in total. The number of aliphatic hydroxyl groups is 1. The highest BCUT2D eigenvalue weighted by atomic mass is 16.5. The van der Waals surface area contributed by atoms with E-state index in [1.54, 1.807) is 0 Å². The fraction of sp³-hybridized carbons (Fsp3) is 0.944. The number of piperidine rings is 1. The van der Waals surface area contributed by atoms with Crippen molar-refractivity contribution in [1.29, 1.82) is 0 Å². The van der Waals surface area contributed by atoms with Gasteiger partial charge in [0.25, 0.3) is 5.91 Å². The zero-order valence-corrected chi connectivity index (χ0v) is 14.0. The average molecular weight is 309 g/mol. The third-order valence-electron chi connectivity index (χ3n) is 5.97. The molecular formula is C18H31NO3. The van der Waals surface area contributed by atoms with Crippen molar-refractivity contribution in [3.63, 3.8) is 0 Å². The molecule has 1 unspecified atom stereocenters. The molecule has 22 heavy (non-hydrogen) atoms. The van der Waals surface area contributed by atoms with Crippen molar-refractivity contribution in [1.82, 2.24) is 4.90 Å². The second-order valence-corrected chi connectivity index (χ2v) is 7.86. The van der Waals surface area contributed by atoms with Crippen molar-refractivity contribution in [2.75, 3.05) is 13.1 Å². The highest BCUT2D eigenvalue weighted by Gasteiger charge is 2.41. The van der Waals surface area contributed by atoms with Crippen molar-refractivity contribution < 1.29 is 14.6 Å². The van der Waals surface area contributed by atoms with Gasteiger partial charge in [0.2, 0.25) is 0 Å². The zero-order chi connectivity index (χ0) is 15.7. The molecule has 2 aliphatic carbocycles. The van der Waals surface area contributed by atoms with Crippen LogP contribution in [0.2, 0.25) is 0 Å². The number of aliphatic hydroxyl groups excluding tert-OH is 1. The van der Waals surface area contributed by atoms with E-state index in [0.717, 1.165) is 25.7 Å². The topological polar surface area (TPSA) is 49.8 Å². The molecule has 2 saturated carbocycles. The standard InChI is InChI=1S/C18H31NO3/c1-12-5-3-8-16(9-12)22-13(2)18(21)19-10-14-6-4-7-15(11-19)17(14)20/h12-17,20H,3-11H2,1-2H3/t12-,13-,14-,15+,16+,17?/m1/s1. The first-order valence-corrected chi connectivity index (χ1v) is 9.17. The summed E-state index contributed by atoms with van der Waals surface area (Å²) < 4.78 is 6.07. The molecule has 6 atom stereocenters. The first-order chi connectivity index (χ1) is 10.5. The Morgan fingerprint density at radius 3 is 2.41 bits per heavy atom. The lowest BCUT2D eigenvalue weighted by molar-refractivity contribution is -0.155. The molecule has 0 radical (unpaired) electrons. The lowest BCUT2D eigenvalue weighted by Gasteiger charge is -2.45. The molecule has 1 N–H and O–H groups in total. The number of fused-ring (bicyclic) bond motifs is 2. The Bertz CT molecular complexity index is 386. The Morgan fingerprint density at radius 2 is 1.77 bits per heavy atom. The maximum atomic E-state index is 12.7. The van der Waals surface area contributed by atoms with Crippen LogP contribution in [-0.4, -0.2) is 47.3 Å². The van der Waals surface area contributed by atoms with Crippen LogP contribution >= 0.6 is 0 Å². The number of hydrogen-bond acceptors (Lipinski definition) is 3. The summed E-state index contributed by atoms with van der Waals surface area (Å²) in [5.74, 6) is 1.39. The molecule has 0 aromatic rings. The van der Waals surface area contributed by atoms with Gasteiger partial charge < -0.3 is 14.7 Å². The van der Waals surface area contributed by atoms with Gasteiger partial charge in [0.05, 0.1) is 12.2 Å². The number of likely N-dealkylation sites (tertiary alicyclic amines) is 1. The van der Waals surface area contributed by atoms with E-state index in [1.807, 2.05) is 11.8 Å². The van der Waals surface area contributed by atoms with Gasteiger partial charge in [0.15, 0.2) is 0 Å². The van der Waals surface area contributed by atoms with Crippen molar-refractivity contribution in [3.05, 3.63) is 0 Å². The number of hydrogen-bond donors (Lipinski definition) is 1. The largest absolute Gasteiger partial charge is 0.392 e. The van der Waals surface area contributed by atoms with E-state index in [2.05, 4.69) is 6.92 Å². The third kappa shape index (κ3) is 3.48. The molecule has 0 spiro atoms. The molecule has 1 amide bonds. The van der Waals surface area contributed by atoms with E-state index in [1.165, 1.54) is 19.3 Å². The summed E-state index contributed by atoms with van der Waals surface area (Å²) in [5.41, 5.74) is 0. The predicted octanol–water partition coefficient (Wildman–Crippen LogP) is 2.59. The van der Waals surface area contributed by atoms with Gasteiger partial charge in [0, 0.05) is 24.9 Å². The second kappa shape index (κ2) is 6.88. The Balaban J connectivity index is 1.54. The monoisotopic (exact) mass is 309 g/mol. The molecular weight excluding hydrogens is 278 g/mol. The fourth-order valence-corrected chi connectivity index (χ4v) is 4.69. The number of rotatable bonds is 3. The van der Waals surface area contributed by atoms with Crippen LogP contribution in [0.5, 0.6) is 0 Å². The average Bonchev–Trinajstić information content (AvgIpc) is 2.46. The van der Waals surface area contributed by atoms with E-state index in [4.69, 9.17) is 4.74 Å². The van der Waals surface area contributed by atoms with Crippen LogP contribution in [0.1, 0.15) is 58.8 Å². The van der Waals surface area contributed by atoms with Gasteiger partial charge in [-0.2, -0.15) is 0 Å². The quantitative estimate of drug-likeness (QED) is 0.872. The molecule has 1 saturated heterocycles. The molecule has 3 fully saturated rings. The van der Waals surface area contributed by atoms with E-state index >= 15 is 0 Å². The first kappa shape index (κ1) is 16.3. The minimum atomic E-state index is -0.341. The number of carbonyl (C=O) groups is 1. The molecule has 1 aliphatic heterocycles. The summed E-state index contributed by atoms with van der Waals surface area (Å²) in [6, 6.07) is 0. The van der Waals surface area contributed by atoms with E-state index in [9.17, 15) is 9.90 Å². The van der Waals surface area contributed by atoms with Gasteiger partial charge >= 0.3 is 0 Å². The third-order valence-corrected chi connectivity index (χ3v) is 5.97. The van der Waals surface area contributed by atoms with Crippen molar-refractivity contribution in [3.8, 4) is 0 Å². The minimum Gasteiger partial charge on any atom is -0.392 e. The zero-order valence-electron chi connectivity index (χ0n) is 14.0. The summed E-state index contributed by atoms with van der Waals surface area (Å²) in [6.45, 7) is 5.61. The van der Waals surface area contributed by atoms with E-state index in [0.29, 0.717) is 19.0 Å². The fourth-order valence-electron chi connectivity index (χ4n) is 4.69. The SMILES string of the molecule is C[C@@H]1CCC[C@H](O[C@H](C)C(=O)N2C[C@H]3CCC[C@@H](C2)C3O)C1. The van der Waals surface area contributed by atoms with Gasteiger partial charge in [-0.1, -0.05) is 26.2 Å². The Hall–Kier alpha value is -0.610.